The third-order valence-corrected chi connectivity index (χ3v) is 2.86. The van der Waals surface area contributed by atoms with Crippen LogP contribution in [-0.4, -0.2) is 47.2 Å². The van der Waals surface area contributed by atoms with Crippen LogP contribution in [0.15, 0.2) is 12.3 Å². The van der Waals surface area contributed by atoms with E-state index >= 15 is 0 Å². The monoisotopic (exact) mass is 250 g/mol. The summed E-state index contributed by atoms with van der Waals surface area (Å²) in [5, 5.41) is 3.28. The topological polar surface area (TPSA) is 67.3 Å². The van der Waals surface area contributed by atoms with Crippen molar-refractivity contribution in [3.63, 3.8) is 0 Å². The van der Waals surface area contributed by atoms with Crippen molar-refractivity contribution in [3.05, 3.63) is 18.1 Å². The highest BCUT2D eigenvalue weighted by Crippen LogP contribution is 2.16. The molecule has 98 valence electrons. The van der Waals surface area contributed by atoms with Gasteiger partial charge in [0.2, 0.25) is 0 Å². The highest BCUT2D eigenvalue weighted by Gasteiger charge is 2.31. The summed E-state index contributed by atoms with van der Waals surface area (Å²) in [5.41, 5.74) is 0. The van der Waals surface area contributed by atoms with Crippen molar-refractivity contribution in [1.29, 1.82) is 0 Å². The van der Waals surface area contributed by atoms with Crippen LogP contribution in [0, 0.1) is 0 Å². The van der Waals surface area contributed by atoms with Gasteiger partial charge in [-0.1, -0.05) is 13.8 Å². The van der Waals surface area contributed by atoms with Gasteiger partial charge >= 0.3 is 6.09 Å². The van der Waals surface area contributed by atoms with Crippen molar-refractivity contribution in [1.82, 2.24) is 14.9 Å². The van der Waals surface area contributed by atoms with Crippen LogP contribution in [0.25, 0.3) is 0 Å². The summed E-state index contributed by atoms with van der Waals surface area (Å²) in [5.74, 6) is 1.94. The molecule has 1 saturated heterocycles. The Labute approximate surface area is 106 Å². The van der Waals surface area contributed by atoms with Gasteiger partial charge in [0.25, 0.3) is 0 Å². The van der Waals surface area contributed by atoms with Gasteiger partial charge in [-0.3, -0.25) is 0 Å². The van der Waals surface area contributed by atoms with Gasteiger partial charge in [0.15, 0.2) is 0 Å². The van der Waals surface area contributed by atoms with E-state index in [1.807, 2.05) is 6.07 Å². The Balaban J connectivity index is 1.88. The lowest BCUT2D eigenvalue weighted by Gasteiger charge is -2.38. The van der Waals surface area contributed by atoms with Gasteiger partial charge in [-0.15, -0.1) is 0 Å². The largest absolute Gasteiger partial charge is 0.453 e. The molecule has 1 N–H and O–H groups in total. The van der Waals surface area contributed by atoms with E-state index in [0.29, 0.717) is 19.0 Å². The molecule has 0 saturated carbocycles. The SMILES string of the molecule is COC(=O)N1CC(Nc2ccnc(C(C)C)n2)C1. The first kappa shape index (κ1) is 12.6. The van der Waals surface area contributed by atoms with E-state index in [4.69, 9.17) is 0 Å². The summed E-state index contributed by atoms with van der Waals surface area (Å²) in [4.78, 5) is 21.5. The number of rotatable bonds is 3. The van der Waals surface area contributed by atoms with Crippen molar-refractivity contribution in [3.8, 4) is 0 Å². The first-order chi connectivity index (χ1) is 8.60. The van der Waals surface area contributed by atoms with Crippen molar-refractivity contribution in [2.75, 3.05) is 25.5 Å². The fourth-order valence-electron chi connectivity index (χ4n) is 1.79. The third kappa shape index (κ3) is 2.69. The van der Waals surface area contributed by atoms with Crippen LogP contribution in [0.1, 0.15) is 25.6 Å². The van der Waals surface area contributed by atoms with Crippen LogP contribution in [0.4, 0.5) is 10.6 Å². The lowest BCUT2D eigenvalue weighted by Crippen LogP contribution is -2.57. The van der Waals surface area contributed by atoms with Crippen molar-refractivity contribution in [2.24, 2.45) is 0 Å². The average Bonchev–Trinajstić information content (AvgIpc) is 2.32. The van der Waals surface area contributed by atoms with Gasteiger partial charge in [-0.25, -0.2) is 14.8 Å². The van der Waals surface area contributed by atoms with E-state index in [-0.39, 0.29) is 12.1 Å². The standard InChI is InChI=1S/C12H18N4O2/c1-8(2)11-13-5-4-10(15-11)14-9-6-16(7-9)12(17)18-3/h4-5,8-9H,6-7H2,1-3H3,(H,13,14,15). The van der Waals surface area contributed by atoms with E-state index < -0.39 is 0 Å². The first-order valence-electron chi connectivity index (χ1n) is 6.02. The Morgan fingerprint density at radius 1 is 1.56 bits per heavy atom. The number of methoxy groups -OCH3 is 1. The maximum absolute atomic E-state index is 11.2. The maximum Gasteiger partial charge on any atom is 0.409 e. The zero-order chi connectivity index (χ0) is 13.1. The summed E-state index contributed by atoms with van der Waals surface area (Å²) in [6.07, 6.45) is 1.47. The van der Waals surface area contributed by atoms with E-state index in [0.717, 1.165) is 11.6 Å². The molecule has 0 spiro atoms. The number of hydrogen-bond donors (Lipinski definition) is 1. The van der Waals surface area contributed by atoms with Crippen LogP contribution >= 0.6 is 0 Å². The third-order valence-electron chi connectivity index (χ3n) is 2.86. The van der Waals surface area contributed by atoms with Gasteiger partial charge < -0.3 is 15.0 Å². The molecule has 6 nitrogen and oxygen atoms in total. The lowest BCUT2D eigenvalue weighted by molar-refractivity contribution is 0.0929. The highest BCUT2D eigenvalue weighted by molar-refractivity contribution is 5.69. The van der Waals surface area contributed by atoms with E-state index in [2.05, 4.69) is 33.9 Å². The number of aromatic nitrogens is 2. The predicted octanol–water partition coefficient (Wildman–Crippen LogP) is 1.46. The Kier molecular flexibility index (Phi) is 3.64. The van der Waals surface area contributed by atoms with Crippen LogP contribution in [0.5, 0.6) is 0 Å². The highest BCUT2D eigenvalue weighted by atomic mass is 16.5. The molecular weight excluding hydrogens is 232 g/mol. The molecule has 1 aromatic heterocycles. The van der Waals surface area contributed by atoms with E-state index in [1.165, 1.54) is 7.11 Å². The minimum Gasteiger partial charge on any atom is -0.453 e. The summed E-state index contributed by atoms with van der Waals surface area (Å²) in [6, 6.07) is 2.08. The molecule has 6 heteroatoms. The molecule has 1 aliphatic rings. The number of anilines is 1. The summed E-state index contributed by atoms with van der Waals surface area (Å²) >= 11 is 0. The molecule has 0 bridgehead atoms. The molecule has 0 unspecified atom stereocenters. The molecule has 18 heavy (non-hydrogen) atoms. The average molecular weight is 250 g/mol. The lowest BCUT2D eigenvalue weighted by atomic mass is 10.1. The van der Waals surface area contributed by atoms with Crippen molar-refractivity contribution < 1.29 is 9.53 Å². The minimum absolute atomic E-state index is 0.235. The Bertz CT molecular complexity index is 430. The summed E-state index contributed by atoms with van der Waals surface area (Å²) < 4.78 is 4.64. The summed E-state index contributed by atoms with van der Waals surface area (Å²) in [7, 11) is 1.39. The van der Waals surface area contributed by atoms with Gasteiger partial charge in [0, 0.05) is 25.2 Å². The number of likely N-dealkylation sites (tertiary alicyclic amines) is 1. The summed E-state index contributed by atoms with van der Waals surface area (Å²) in [6.45, 7) is 5.41. The van der Waals surface area contributed by atoms with Crippen molar-refractivity contribution in [2.45, 2.75) is 25.8 Å². The van der Waals surface area contributed by atoms with Gasteiger partial charge in [-0.2, -0.15) is 0 Å². The number of carbonyl (C=O) groups excluding carboxylic acids is 1. The molecule has 0 aromatic carbocycles. The molecular formula is C12H18N4O2. The molecule has 2 heterocycles. The number of amides is 1. The molecule has 1 aliphatic heterocycles. The number of hydrogen-bond acceptors (Lipinski definition) is 5. The molecule has 0 aliphatic carbocycles. The Hall–Kier alpha value is -1.85. The smallest absolute Gasteiger partial charge is 0.409 e. The van der Waals surface area contributed by atoms with E-state index in [1.54, 1.807) is 11.1 Å². The zero-order valence-electron chi connectivity index (χ0n) is 10.9. The van der Waals surface area contributed by atoms with Crippen LogP contribution in [0.2, 0.25) is 0 Å². The Morgan fingerprint density at radius 3 is 2.89 bits per heavy atom. The fraction of sp³-hybridized carbons (Fsp3) is 0.583. The van der Waals surface area contributed by atoms with Crippen LogP contribution < -0.4 is 5.32 Å². The van der Waals surface area contributed by atoms with E-state index in [9.17, 15) is 4.79 Å². The second kappa shape index (κ2) is 5.20. The zero-order valence-corrected chi connectivity index (χ0v) is 10.9. The molecule has 1 amide bonds. The number of carbonyl (C=O) groups is 1. The van der Waals surface area contributed by atoms with Gasteiger partial charge in [0.05, 0.1) is 13.2 Å². The molecule has 0 atom stereocenters. The van der Waals surface area contributed by atoms with Gasteiger partial charge in [-0.05, 0) is 6.07 Å². The fourth-order valence-corrected chi connectivity index (χ4v) is 1.79. The maximum atomic E-state index is 11.2. The van der Waals surface area contributed by atoms with Crippen LogP contribution in [0.3, 0.4) is 0 Å². The van der Waals surface area contributed by atoms with Crippen LogP contribution in [-0.2, 0) is 4.74 Å². The quantitative estimate of drug-likeness (QED) is 0.879. The molecule has 1 fully saturated rings. The number of nitrogens with one attached hydrogen (secondary N) is 1. The minimum atomic E-state index is -0.279. The number of nitrogens with zero attached hydrogens (tertiary/aromatic N) is 3. The second-order valence-electron chi connectivity index (χ2n) is 4.67. The molecule has 2 rings (SSSR count). The molecule has 0 radical (unpaired) electrons. The molecule has 1 aromatic rings. The second-order valence-corrected chi connectivity index (χ2v) is 4.67. The van der Waals surface area contributed by atoms with Gasteiger partial charge in [0.1, 0.15) is 11.6 Å². The Morgan fingerprint density at radius 2 is 2.28 bits per heavy atom. The number of ether oxygens (including phenoxy) is 1. The normalized spacial score (nSPS) is 15.4. The first-order valence-corrected chi connectivity index (χ1v) is 6.02. The van der Waals surface area contributed by atoms with Crippen molar-refractivity contribution >= 4 is 11.9 Å². The predicted molar refractivity (Wildman–Crippen MR) is 67.5 cm³/mol.